The molecular formula is C13H15ClFNO4S. The summed E-state index contributed by atoms with van der Waals surface area (Å²) in [6, 6.07) is 3.04. The average Bonchev–Trinajstić information content (AvgIpc) is 2.92. The van der Waals surface area contributed by atoms with Crippen LogP contribution in [0.4, 0.5) is 4.39 Å². The van der Waals surface area contributed by atoms with Crippen molar-refractivity contribution in [3.63, 3.8) is 0 Å². The molecule has 1 aromatic rings. The fourth-order valence-corrected chi connectivity index (χ4v) is 3.44. The van der Waals surface area contributed by atoms with Gasteiger partial charge in [-0.1, -0.05) is 11.6 Å². The average molecular weight is 336 g/mol. The van der Waals surface area contributed by atoms with Gasteiger partial charge >= 0.3 is 0 Å². The van der Waals surface area contributed by atoms with Crippen molar-refractivity contribution in [2.75, 3.05) is 18.9 Å². The highest BCUT2D eigenvalue weighted by atomic mass is 35.5. The SMILES string of the molecule is O=C(CS(=O)(=O)c1ccc(F)c(Cl)c1)NC[C@H]1CCCO1. The lowest BCUT2D eigenvalue weighted by Gasteiger charge is -2.11. The maximum Gasteiger partial charge on any atom is 0.235 e. The first-order chi connectivity index (χ1) is 9.88. The van der Waals surface area contributed by atoms with E-state index < -0.39 is 27.3 Å². The Kier molecular flexibility index (Phi) is 5.18. The van der Waals surface area contributed by atoms with Gasteiger partial charge in [-0.2, -0.15) is 0 Å². The zero-order chi connectivity index (χ0) is 15.5. The van der Waals surface area contributed by atoms with Crippen LogP contribution < -0.4 is 5.32 Å². The molecule has 1 aromatic carbocycles. The third-order valence-corrected chi connectivity index (χ3v) is 5.03. The number of nitrogens with one attached hydrogen (secondary N) is 1. The summed E-state index contributed by atoms with van der Waals surface area (Å²) >= 11 is 5.55. The van der Waals surface area contributed by atoms with Crippen molar-refractivity contribution >= 4 is 27.3 Å². The summed E-state index contributed by atoms with van der Waals surface area (Å²) < 4.78 is 42.4. The van der Waals surface area contributed by atoms with E-state index in [1.165, 1.54) is 0 Å². The van der Waals surface area contributed by atoms with Gasteiger partial charge in [-0.25, -0.2) is 12.8 Å². The molecule has 1 saturated heterocycles. The number of carbonyl (C=O) groups excluding carboxylic acids is 1. The van der Waals surface area contributed by atoms with Crippen LogP contribution in [0.1, 0.15) is 12.8 Å². The number of amides is 1. The molecule has 1 aliphatic rings. The maximum atomic E-state index is 13.0. The Morgan fingerprint density at radius 3 is 2.86 bits per heavy atom. The van der Waals surface area contributed by atoms with E-state index in [0.717, 1.165) is 31.0 Å². The summed E-state index contributed by atoms with van der Waals surface area (Å²) in [6.45, 7) is 0.950. The lowest BCUT2D eigenvalue weighted by atomic mass is 10.2. The van der Waals surface area contributed by atoms with Crippen LogP contribution >= 0.6 is 11.6 Å². The molecule has 5 nitrogen and oxygen atoms in total. The van der Waals surface area contributed by atoms with Gasteiger partial charge in [-0.15, -0.1) is 0 Å². The number of hydrogen-bond acceptors (Lipinski definition) is 4. The van der Waals surface area contributed by atoms with Crippen LogP contribution in [0.15, 0.2) is 23.1 Å². The highest BCUT2D eigenvalue weighted by Crippen LogP contribution is 2.20. The second kappa shape index (κ2) is 6.72. The molecule has 0 unspecified atom stereocenters. The predicted octanol–water partition coefficient (Wildman–Crippen LogP) is 1.55. The topological polar surface area (TPSA) is 72.5 Å². The number of rotatable bonds is 5. The van der Waals surface area contributed by atoms with Gasteiger partial charge in [0.15, 0.2) is 9.84 Å². The van der Waals surface area contributed by atoms with Crippen molar-refractivity contribution in [1.82, 2.24) is 5.32 Å². The van der Waals surface area contributed by atoms with Gasteiger partial charge in [0.2, 0.25) is 5.91 Å². The molecular weight excluding hydrogens is 321 g/mol. The Bertz CT molecular complexity index is 629. The summed E-state index contributed by atoms with van der Waals surface area (Å²) in [5.74, 6) is -2.04. The van der Waals surface area contributed by atoms with Gasteiger partial charge in [0.05, 0.1) is 16.0 Å². The highest BCUT2D eigenvalue weighted by Gasteiger charge is 2.22. The van der Waals surface area contributed by atoms with Crippen LogP contribution in [0.3, 0.4) is 0 Å². The molecule has 1 heterocycles. The van der Waals surface area contributed by atoms with E-state index >= 15 is 0 Å². The third-order valence-electron chi connectivity index (χ3n) is 3.12. The first-order valence-electron chi connectivity index (χ1n) is 6.44. The molecule has 1 atom stereocenters. The van der Waals surface area contributed by atoms with E-state index in [1.807, 2.05) is 0 Å². The minimum Gasteiger partial charge on any atom is -0.376 e. The second-order valence-corrected chi connectivity index (χ2v) is 7.17. The van der Waals surface area contributed by atoms with Crippen molar-refractivity contribution in [3.8, 4) is 0 Å². The molecule has 0 bridgehead atoms. The fourth-order valence-electron chi connectivity index (χ4n) is 2.01. The number of carbonyl (C=O) groups is 1. The number of hydrogen-bond donors (Lipinski definition) is 1. The molecule has 1 aliphatic heterocycles. The van der Waals surface area contributed by atoms with Crippen molar-refractivity contribution in [1.29, 1.82) is 0 Å². The summed E-state index contributed by atoms with van der Waals surface area (Å²) in [5, 5.41) is 2.23. The number of halogens is 2. The van der Waals surface area contributed by atoms with E-state index in [0.29, 0.717) is 13.2 Å². The third kappa shape index (κ3) is 4.39. The van der Waals surface area contributed by atoms with Gasteiger partial charge < -0.3 is 10.1 Å². The Hall–Kier alpha value is -1.18. The maximum absolute atomic E-state index is 13.0. The molecule has 116 valence electrons. The monoisotopic (exact) mass is 335 g/mol. The molecule has 0 saturated carbocycles. The summed E-state index contributed by atoms with van der Waals surface area (Å²) in [5.41, 5.74) is 0. The van der Waals surface area contributed by atoms with Crippen LogP contribution in [-0.2, 0) is 19.4 Å². The molecule has 1 amide bonds. The summed E-state index contributed by atoms with van der Waals surface area (Å²) in [6.07, 6.45) is 1.73. The molecule has 21 heavy (non-hydrogen) atoms. The van der Waals surface area contributed by atoms with Gasteiger partial charge in [0.1, 0.15) is 11.6 Å². The molecule has 2 rings (SSSR count). The van der Waals surface area contributed by atoms with E-state index in [2.05, 4.69) is 5.32 Å². The zero-order valence-corrected chi connectivity index (χ0v) is 12.7. The van der Waals surface area contributed by atoms with E-state index in [9.17, 15) is 17.6 Å². The molecule has 1 fully saturated rings. The normalized spacial score (nSPS) is 18.7. The lowest BCUT2D eigenvalue weighted by Crippen LogP contribution is -2.35. The van der Waals surface area contributed by atoms with E-state index in [-0.39, 0.29) is 16.0 Å². The first kappa shape index (κ1) is 16.2. The zero-order valence-electron chi connectivity index (χ0n) is 11.1. The van der Waals surface area contributed by atoms with Crippen LogP contribution in [0.2, 0.25) is 5.02 Å². The predicted molar refractivity (Wildman–Crippen MR) is 75.4 cm³/mol. The standard InChI is InChI=1S/C13H15ClFNO4S/c14-11-6-10(3-4-12(11)15)21(18,19)8-13(17)16-7-9-2-1-5-20-9/h3-4,6,9H,1-2,5,7-8H2,(H,16,17)/t9-/m1/s1. The molecule has 0 radical (unpaired) electrons. The first-order valence-corrected chi connectivity index (χ1v) is 8.47. The number of benzene rings is 1. The number of ether oxygens (including phenoxy) is 1. The van der Waals surface area contributed by atoms with Crippen LogP contribution in [-0.4, -0.2) is 39.3 Å². The van der Waals surface area contributed by atoms with Crippen LogP contribution in [0.25, 0.3) is 0 Å². The quantitative estimate of drug-likeness (QED) is 0.829. The Labute approximate surface area is 127 Å². The molecule has 8 heteroatoms. The molecule has 0 aromatic heterocycles. The number of sulfone groups is 1. The minimum atomic E-state index is -3.85. The smallest absolute Gasteiger partial charge is 0.235 e. The largest absolute Gasteiger partial charge is 0.376 e. The van der Waals surface area contributed by atoms with Crippen molar-refractivity contribution in [3.05, 3.63) is 29.0 Å². The van der Waals surface area contributed by atoms with Gasteiger partial charge in [0, 0.05) is 13.2 Å². The van der Waals surface area contributed by atoms with Crippen molar-refractivity contribution < 1.29 is 22.3 Å². The molecule has 1 N–H and O–H groups in total. The Morgan fingerprint density at radius 1 is 1.48 bits per heavy atom. The summed E-state index contributed by atoms with van der Waals surface area (Å²) in [7, 11) is -3.85. The molecule has 0 aliphatic carbocycles. The lowest BCUT2D eigenvalue weighted by molar-refractivity contribution is -0.119. The molecule has 0 spiro atoms. The van der Waals surface area contributed by atoms with Crippen LogP contribution in [0, 0.1) is 5.82 Å². The second-order valence-electron chi connectivity index (χ2n) is 4.77. The van der Waals surface area contributed by atoms with Crippen molar-refractivity contribution in [2.45, 2.75) is 23.8 Å². The van der Waals surface area contributed by atoms with Gasteiger partial charge in [0.25, 0.3) is 0 Å². The van der Waals surface area contributed by atoms with E-state index in [1.54, 1.807) is 0 Å². The summed E-state index contributed by atoms with van der Waals surface area (Å²) in [4.78, 5) is 11.5. The Morgan fingerprint density at radius 2 is 2.24 bits per heavy atom. The van der Waals surface area contributed by atoms with E-state index in [4.69, 9.17) is 16.3 Å². The van der Waals surface area contributed by atoms with Gasteiger partial charge in [-0.05, 0) is 31.0 Å². The Balaban J connectivity index is 1.96. The minimum absolute atomic E-state index is 0.0584. The van der Waals surface area contributed by atoms with Crippen molar-refractivity contribution in [2.24, 2.45) is 0 Å². The fraction of sp³-hybridized carbons (Fsp3) is 0.462. The van der Waals surface area contributed by atoms with Gasteiger partial charge in [-0.3, -0.25) is 4.79 Å². The highest BCUT2D eigenvalue weighted by molar-refractivity contribution is 7.92. The van der Waals surface area contributed by atoms with Crippen LogP contribution in [0.5, 0.6) is 0 Å².